The van der Waals surface area contributed by atoms with E-state index in [2.05, 4.69) is 25.9 Å². The molecule has 15 heavy (non-hydrogen) atoms. The molecule has 0 atom stereocenters. The lowest BCUT2D eigenvalue weighted by molar-refractivity contribution is -0.0221. The van der Waals surface area contributed by atoms with Crippen LogP contribution in [0.3, 0.4) is 0 Å². The number of anilines is 1. The predicted octanol–water partition coefficient (Wildman–Crippen LogP) is 2.47. The molecule has 0 amide bonds. The van der Waals surface area contributed by atoms with Gasteiger partial charge in [0.15, 0.2) is 0 Å². The summed E-state index contributed by atoms with van der Waals surface area (Å²) in [6, 6.07) is 0. The van der Waals surface area contributed by atoms with E-state index in [0.717, 1.165) is 0 Å². The van der Waals surface area contributed by atoms with Crippen LogP contribution in [0.5, 0.6) is 0 Å². The maximum absolute atomic E-state index is 12.9. The molecular formula is C9H10BrF2N3. The molecule has 0 aromatic carbocycles. The van der Waals surface area contributed by atoms with Crippen LogP contribution in [-0.4, -0.2) is 29.0 Å². The van der Waals surface area contributed by atoms with Crippen molar-refractivity contribution in [2.75, 3.05) is 18.0 Å². The lowest BCUT2D eigenvalue weighted by Crippen LogP contribution is -2.39. The van der Waals surface area contributed by atoms with Gasteiger partial charge in [0.25, 0.3) is 5.92 Å². The van der Waals surface area contributed by atoms with Crippen LogP contribution in [0.2, 0.25) is 0 Å². The minimum atomic E-state index is -2.52. The first-order chi connectivity index (χ1) is 7.07. The third-order valence-corrected chi connectivity index (χ3v) is 2.79. The van der Waals surface area contributed by atoms with E-state index in [4.69, 9.17) is 0 Å². The molecular weight excluding hydrogens is 268 g/mol. The number of halogens is 3. The van der Waals surface area contributed by atoms with Crippen LogP contribution < -0.4 is 4.90 Å². The normalized spacial score (nSPS) is 20.3. The first kappa shape index (κ1) is 10.7. The van der Waals surface area contributed by atoms with E-state index in [-0.39, 0.29) is 12.8 Å². The SMILES string of the molecule is FC1(F)CCN(c2cncc(Br)n2)CC1. The van der Waals surface area contributed by atoms with Gasteiger partial charge in [-0.15, -0.1) is 0 Å². The van der Waals surface area contributed by atoms with E-state index < -0.39 is 5.92 Å². The van der Waals surface area contributed by atoms with Crippen LogP contribution in [0.1, 0.15) is 12.8 Å². The second-order valence-electron chi connectivity index (χ2n) is 3.54. The minimum Gasteiger partial charge on any atom is -0.355 e. The van der Waals surface area contributed by atoms with Crippen molar-refractivity contribution in [2.45, 2.75) is 18.8 Å². The van der Waals surface area contributed by atoms with Crippen LogP contribution in [0.4, 0.5) is 14.6 Å². The number of piperidine rings is 1. The van der Waals surface area contributed by atoms with Gasteiger partial charge in [0, 0.05) is 25.9 Å². The zero-order valence-electron chi connectivity index (χ0n) is 7.96. The second-order valence-corrected chi connectivity index (χ2v) is 4.36. The van der Waals surface area contributed by atoms with Crippen molar-refractivity contribution < 1.29 is 8.78 Å². The monoisotopic (exact) mass is 277 g/mol. The first-order valence-corrected chi connectivity index (χ1v) is 5.46. The molecule has 0 saturated carbocycles. The highest BCUT2D eigenvalue weighted by Gasteiger charge is 2.34. The van der Waals surface area contributed by atoms with Crippen LogP contribution >= 0.6 is 15.9 Å². The molecule has 1 saturated heterocycles. The van der Waals surface area contributed by atoms with Crippen LogP contribution in [0.25, 0.3) is 0 Å². The minimum absolute atomic E-state index is 0.110. The fraction of sp³-hybridized carbons (Fsp3) is 0.556. The summed E-state index contributed by atoms with van der Waals surface area (Å²) in [5.74, 6) is -1.87. The van der Waals surface area contributed by atoms with Crippen LogP contribution in [-0.2, 0) is 0 Å². The Labute approximate surface area is 94.6 Å². The summed E-state index contributed by atoms with van der Waals surface area (Å²) < 4.78 is 26.4. The fourth-order valence-corrected chi connectivity index (χ4v) is 1.85. The van der Waals surface area contributed by atoms with Gasteiger partial charge in [0.2, 0.25) is 0 Å². The van der Waals surface area contributed by atoms with E-state index in [1.165, 1.54) is 0 Å². The zero-order valence-corrected chi connectivity index (χ0v) is 9.54. The van der Waals surface area contributed by atoms with Crippen molar-refractivity contribution in [2.24, 2.45) is 0 Å². The zero-order chi connectivity index (χ0) is 10.9. The summed E-state index contributed by atoms with van der Waals surface area (Å²) in [6.07, 6.45) is 2.94. The van der Waals surface area contributed by atoms with E-state index in [0.29, 0.717) is 23.5 Å². The number of nitrogens with zero attached hydrogens (tertiary/aromatic N) is 3. The Kier molecular flexibility index (Phi) is 2.86. The van der Waals surface area contributed by atoms with E-state index >= 15 is 0 Å². The first-order valence-electron chi connectivity index (χ1n) is 4.67. The molecule has 0 N–H and O–H groups in total. The summed E-state index contributed by atoms with van der Waals surface area (Å²) in [4.78, 5) is 9.97. The van der Waals surface area contributed by atoms with E-state index in [1.54, 1.807) is 12.4 Å². The lowest BCUT2D eigenvalue weighted by atomic mass is 10.1. The maximum atomic E-state index is 12.9. The third-order valence-electron chi connectivity index (χ3n) is 2.41. The molecule has 1 fully saturated rings. The molecule has 1 aromatic rings. The van der Waals surface area contributed by atoms with Gasteiger partial charge in [0.05, 0.1) is 12.4 Å². The third kappa shape index (κ3) is 2.62. The molecule has 0 spiro atoms. The van der Waals surface area contributed by atoms with Gasteiger partial charge in [-0.3, -0.25) is 4.98 Å². The number of hydrogen-bond acceptors (Lipinski definition) is 3. The highest BCUT2D eigenvalue weighted by Crippen LogP contribution is 2.29. The van der Waals surface area contributed by atoms with Gasteiger partial charge in [-0.1, -0.05) is 0 Å². The van der Waals surface area contributed by atoms with Crippen LogP contribution in [0.15, 0.2) is 17.0 Å². The Morgan fingerprint density at radius 2 is 1.93 bits per heavy atom. The number of hydrogen-bond donors (Lipinski definition) is 0. The molecule has 1 aliphatic rings. The highest BCUT2D eigenvalue weighted by molar-refractivity contribution is 9.10. The molecule has 1 aromatic heterocycles. The van der Waals surface area contributed by atoms with Crippen molar-refractivity contribution in [3.63, 3.8) is 0 Å². The number of aromatic nitrogens is 2. The van der Waals surface area contributed by atoms with Crippen molar-refractivity contribution in [1.29, 1.82) is 0 Å². The summed E-state index contributed by atoms with van der Waals surface area (Å²) in [6.45, 7) is 0.663. The molecule has 0 aliphatic carbocycles. The largest absolute Gasteiger partial charge is 0.355 e. The Balaban J connectivity index is 2.08. The molecule has 2 rings (SSSR count). The van der Waals surface area contributed by atoms with Gasteiger partial charge in [-0.2, -0.15) is 0 Å². The molecule has 0 unspecified atom stereocenters. The van der Waals surface area contributed by atoms with Gasteiger partial charge in [-0.05, 0) is 15.9 Å². The number of alkyl halides is 2. The van der Waals surface area contributed by atoms with Crippen molar-refractivity contribution in [3.8, 4) is 0 Å². The molecule has 3 nitrogen and oxygen atoms in total. The van der Waals surface area contributed by atoms with Gasteiger partial charge in [0.1, 0.15) is 10.4 Å². The average Bonchev–Trinajstić information content (AvgIpc) is 2.17. The van der Waals surface area contributed by atoms with Crippen molar-refractivity contribution in [1.82, 2.24) is 9.97 Å². The lowest BCUT2D eigenvalue weighted by Gasteiger charge is -2.32. The standard InChI is InChI=1S/C9H10BrF2N3/c10-7-5-13-6-8(14-7)15-3-1-9(11,12)2-4-15/h5-6H,1-4H2. The molecule has 6 heteroatoms. The Morgan fingerprint density at radius 3 is 2.53 bits per heavy atom. The fourth-order valence-electron chi connectivity index (χ4n) is 1.55. The quantitative estimate of drug-likeness (QED) is 0.790. The summed E-state index contributed by atoms with van der Waals surface area (Å²) >= 11 is 3.20. The summed E-state index contributed by atoms with van der Waals surface area (Å²) in [5.41, 5.74) is 0. The summed E-state index contributed by atoms with van der Waals surface area (Å²) in [7, 11) is 0. The van der Waals surface area contributed by atoms with E-state index in [1.807, 2.05) is 4.90 Å². The van der Waals surface area contributed by atoms with Crippen molar-refractivity contribution in [3.05, 3.63) is 17.0 Å². The van der Waals surface area contributed by atoms with Gasteiger partial charge >= 0.3 is 0 Å². The Bertz CT molecular complexity index is 349. The molecule has 0 bridgehead atoms. The van der Waals surface area contributed by atoms with Crippen LogP contribution in [0, 0.1) is 0 Å². The second kappa shape index (κ2) is 4.00. The highest BCUT2D eigenvalue weighted by atomic mass is 79.9. The maximum Gasteiger partial charge on any atom is 0.251 e. The molecule has 1 aliphatic heterocycles. The Hall–Kier alpha value is -0.780. The van der Waals surface area contributed by atoms with Gasteiger partial charge in [-0.25, -0.2) is 13.8 Å². The molecule has 82 valence electrons. The summed E-state index contributed by atoms with van der Waals surface area (Å²) in [5, 5.41) is 0. The average molecular weight is 278 g/mol. The molecule has 2 heterocycles. The van der Waals surface area contributed by atoms with Gasteiger partial charge < -0.3 is 4.90 Å². The topological polar surface area (TPSA) is 29.0 Å². The number of rotatable bonds is 1. The van der Waals surface area contributed by atoms with E-state index in [9.17, 15) is 8.78 Å². The predicted molar refractivity (Wildman–Crippen MR) is 56.1 cm³/mol. The van der Waals surface area contributed by atoms with Crippen molar-refractivity contribution >= 4 is 21.7 Å². The molecule has 0 radical (unpaired) electrons. The Morgan fingerprint density at radius 1 is 1.27 bits per heavy atom. The smallest absolute Gasteiger partial charge is 0.251 e.